The van der Waals surface area contributed by atoms with Gasteiger partial charge in [-0.05, 0) is 43.3 Å². The van der Waals surface area contributed by atoms with Gasteiger partial charge in [-0.1, -0.05) is 12.1 Å². The number of carbonyl (C=O) groups excluding carboxylic acids is 2. The van der Waals surface area contributed by atoms with E-state index in [4.69, 9.17) is 4.74 Å². The SMILES string of the molecule is CCOC(=O)[C@](NC(=O)Nc1ccccc1F)(Oc1ccc(F)cc1)C(F)(F)F. The molecule has 11 heteroatoms. The number of hydrogen-bond acceptors (Lipinski definition) is 4. The first-order chi connectivity index (χ1) is 13.6. The molecule has 0 aromatic heterocycles. The number of hydrogen-bond donors (Lipinski definition) is 2. The minimum Gasteiger partial charge on any atom is -0.461 e. The first kappa shape index (κ1) is 21.9. The zero-order chi connectivity index (χ0) is 21.7. The van der Waals surface area contributed by atoms with E-state index in [1.807, 2.05) is 5.32 Å². The van der Waals surface area contributed by atoms with Crippen LogP contribution in [0.2, 0.25) is 0 Å². The Hall–Kier alpha value is -3.37. The molecule has 0 saturated heterocycles. The molecular formula is C18H15F5N2O4. The van der Waals surface area contributed by atoms with Crippen molar-refractivity contribution in [3.63, 3.8) is 0 Å². The van der Waals surface area contributed by atoms with E-state index in [1.165, 1.54) is 24.4 Å². The van der Waals surface area contributed by atoms with Gasteiger partial charge in [0.25, 0.3) is 0 Å². The van der Waals surface area contributed by atoms with Gasteiger partial charge < -0.3 is 14.8 Å². The molecule has 0 heterocycles. The Morgan fingerprint density at radius 2 is 1.62 bits per heavy atom. The molecule has 0 aliphatic heterocycles. The highest BCUT2D eigenvalue weighted by molar-refractivity contribution is 5.94. The largest absolute Gasteiger partial charge is 0.461 e. The number of halogens is 5. The molecule has 2 aromatic rings. The van der Waals surface area contributed by atoms with Crippen LogP contribution in [0.25, 0.3) is 0 Å². The Kier molecular flexibility index (Phi) is 6.62. The lowest BCUT2D eigenvalue weighted by Gasteiger charge is -2.33. The topological polar surface area (TPSA) is 76.7 Å². The van der Waals surface area contributed by atoms with Crippen LogP contribution >= 0.6 is 0 Å². The quantitative estimate of drug-likeness (QED) is 0.423. The normalized spacial score (nSPS) is 13.2. The number of esters is 1. The fourth-order valence-corrected chi connectivity index (χ4v) is 2.15. The van der Waals surface area contributed by atoms with Gasteiger partial charge in [0.2, 0.25) is 0 Å². The molecule has 0 unspecified atom stereocenters. The zero-order valence-electron chi connectivity index (χ0n) is 14.8. The minimum absolute atomic E-state index is 0.438. The molecule has 29 heavy (non-hydrogen) atoms. The van der Waals surface area contributed by atoms with E-state index in [2.05, 4.69) is 4.74 Å². The van der Waals surface area contributed by atoms with Crippen LogP contribution in [0, 0.1) is 11.6 Å². The summed E-state index contributed by atoms with van der Waals surface area (Å²) >= 11 is 0. The summed E-state index contributed by atoms with van der Waals surface area (Å²) in [6.45, 7) is 0.788. The molecule has 1 atom stereocenters. The number of benzene rings is 2. The number of nitrogens with one attached hydrogen (secondary N) is 2. The smallest absolute Gasteiger partial charge is 0.460 e. The Balaban J connectivity index is 2.41. The van der Waals surface area contributed by atoms with Gasteiger partial charge in [-0.25, -0.2) is 18.4 Å². The van der Waals surface area contributed by atoms with Crippen molar-refractivity contribution >= 4 is 17.7 Å². The van der Waals surface area contributed by atoms with Gasteiger partial charge in [0, 0.05) is 0 Å². The van der Waals surface area contributed by atoms with Gasteiger partial charge in [0.1, 0.15) is 17.4 Å². The Morgan fingerprint density at radius 3 is 2.17 bits per heavy atom. The number of anilines is 1. The van der Waals surface area contributed by atoms with Crippen molar-refractivity contribution < 1.29 is 41.0 Å². The second kappa shape index (κ2) is 8.76. The van der Waals surface area contributed by atoms with Crippen molar-refractivity contribution in [2.75, 3.05) is 11.9 Å². The highest BCUT2D eigenvalue weighted by Gasteiger charge is 2.66. The van der Waals surface area contributed by atoms with Crippen LogP contribution in [0.15, 0.2) is 48.5 Å². The summed E-state index contributed by atoms with van der Waals surface area (Å²) in [6, 6.07) is 6.33. The standard InChI is InChI=1S/C18H15F5N2O4/c1-2-28-15(26)17(18(21,22)23,29-12-9-7-11(19)8-10-12)25-16(27)24-14-6-4-3-5-13(14)20/h3-10H,2H2,1H3,(H2,24,25,27)/t17-/m0/s1. The third kappa shape index (κ3) is 5.12. The summed E-state index contributed by atoms with van der Waals surface area (Å²) in [5, 5.41) is 3.22. The number of carbonyl (C=O) groups is 2. The predicted molar refractivity (Wildman–Crippen MR) is 91.0 cm³/mol. The summed E-state index contributed by atoms with van der Waals surface area (Å²) in [5.41, 5.74) is -4.41. The van der Waals surface area contributed by atoms with E-state index in [0.717, 1.165) is 36.4 Å². The number of para-hydroxylation sites is 1. The molecule has 0 aliphatic carbocycles. The van der Waals surface area contributed by atoms with Gasteiger partial charge in [-0.2, -0.15) is 13.2 Å². The average Bonchev–Trinajstić information content (AvgIpc) is 2.64. The lowest BCUT2D eigenvalue weighted by molar-refractivity contribution is -0.259. The average molecular weight is 418 g/mol. The summed E-state index contributed by atoms with van der Waals surface area (Å²) < 4.78 is 77.5. The van der Waals surface area contributed by atoms with Crippen molar-refractivity contribution in [1.82, 2.24) is 5.32 Å². The molecule has 2 amide bonds. The molecule has 0 spiro atoms. The second-order valence-corrected chi connectivity index (χ2v) is 5.51. The van der Waals surface area contributed by atoms with Gasteiger partial charge in [-0.15, -0.1) is 0 Å². The van der Waals surface area contributed by atoms with Crippen molar-refractivity contribution in [1.29, 1.82) is 0 Å². The fourth-order valence-electron chi connectivity index (χ4n) is 2.15. The molecule has 2 aromatic carbocycles. The van der Waals surface area contributed by atoms with Gasteiger partial charge in [0.15, 0.2) is 0 Å². The molecule has 2 rings (SSSR count). The van der Waals surface area contributed by atoms with Gasteiger partial charge in [-0.3, -0.25) is 5.32 Å². The first-order valence-electron chi connectivity index (χ1n) is 8.11. The molecule has 2 N–H and O–H groups in total. The third-order valence-corrected chi connectivity index (χ3v) is 3.46. The molecule has 156 valence electrons. The summed E-state index contributed by atoms with van der Waals surface area (Å²) in [7, 11) is 0. The number of alkyl halides is 3. The Morgan fingerprint density at radius 1 is 1.00 bits per heavy atom. The summed E-state index contributed by atoms with van der Waals surface area (Å²) in [4.78, 5) is 24.3. The highest BCUT2D eigenvalue weighted by Crippen LogP contribution is 2.34. The second-order valence-electron chi connectivity index (χ2n) is 5.51. The lowest BCUT2D eigenvalue weighted by atomic mass is 10.2. The maximum atomic E-state index is 13.9. The van der Waals surface area contributed by atoms with Crippen LogP contribution in [0.4, 0.5) is 32.4 Å². The van der Waals surface area contributed by atoms with Crippen molar-refractivity contribution in [2.24, 2.45) is 0 Å². The van der Waals surface area contributed by atoms with E-state index >= 15 is 0 Å². The summed E-state index contributed by atoms with van der Waals surface area (Å²) in [6.07, 6.45) is -5.50. The maximum Gasteiger partial charge on any atom is 0.460 e. The van der Waals surface area contributed by atoms with E-state index in [-0.39, 0.29) is 0 Å². The first-order valence-corrected chi connectivity index (χ1v) is 8.11. The van der Waals surface area contributed by atoms with E-state index in [1.54, 1.807) is 0 Å². The predicted octanol–water partition coefficient (Wildman–Crippen LogP) is 3.99. The number of rotatable bonds is 6. The number of amides is 2. The number of ether oxygens (including phenoxy) is 2. The van der Waals surface area contributed by atoms with Crippen LogP contribution in [-0.4, -0.2) is 30.5 Å². The molecule has 0 bridgehead atoms. The monoisotopic (exact) mass is 418 g/mol. The molecule has 0 aliphatic rings. The van der Waals surface area contributed by atoms with Crippen molar-refractivity contribution in [3.8, 4) is 5.75 Å². The van der Waals surface area contributed by atoms with Gasteiger partial charge >= 0.3 is 23.9 Å². The maximum absolute atomic E-state index is 13.9. The lowest BCUT2D eigenvalue weighted by Crippen LogP contribution is -2.69. The van der Waals surface area contributed by atoms with E-state index in [9.17, 15) is 31.5 Å². The molecular weight excluding hydrogens is 403 g/mol. The molecule has 0 fully saturated rings. The van der Waals surface area contributed by atoms with Crippen LogP contribution in [0.3, 0.4) is 0 Å². The van der Waals surface area contributed by atoms with E-state index < -0.39 is 53.6 Å². The fraction of sp³-hybridized carbons (Fsp3) is 0.222. The van der Waals surface area contributed by atoms with Crippen molar-refractivity contribution in [3.05, 3.63) is 60.2 Å². The van der Waals surface area contributed by atoms with Crippen LogP contribution in [0.5, 0.6) is 5.75 Å². The van der Waals surface area contributed by atoms with Gasteiger partial charge in [0.05, 0.1) is 12.3 Å². The Labute approximate surface area is 161 Å². The Bertz CT molecular complexity index is 873. The molecule has 0 radical (unpaired) electrons. The van der Waals surface area contributed by atoms with E-state index in [0.29, 0.717) is 0 Å². The third-order valence-electron chi connectivity index (χ3n) is 3.46. The van der Waals surface area contributed by atoms with Crippen LogP contribution in [-0.2, 0) is 9.53 Å². The van der Waals surface area contributed by atoms with Crippen LogP contribution in [0.1, 0.15) is 6.92 Å². The minimum atomic E-state index is -5.50. The number of urea groups is 1. The zero-order valence-corrected chi connectivity index (χ0v) is 14.8. The molecule has 6 nitrogen and oxygen atoms in total. The molecule has 0 saturated carbocycles. The van der Waals surface area contributed by atoms with Crippen LogP contribution < -0.4 is 15.4 Å². The highest BCUT2D eigenvalue weighted by atomic mass is 19.4. The summed E-state index contributed by atoms with van der Waals surface area (Å²) in [5.74, 6) is -4.24. The van der Waals surface area contributed by atoms with Crippen molar-refractivity contribution in [2.45, 2.75) is 18.8 Å².